The smallest absolute Gasteiger partial charge is 0.543 e. The number of hydrogen-bond acceptors (Lipinski definition) is 4. The fraction of sp³-hybridized carbons (Fsp3) is 0.600. The van der Waals surface area contributed by atoms with Gasteiger partial charge in [-0.1, -0.05) is 0 Å². The molecule has 0 saturated carbocycles. The number of carbonyl (C=O) groups excluding carboxylic acids is 1. The minimum Gasteiger partial charge on any atom is -0.543 e. The van der Waals surface area contributed by atoms with Crippen LogP contribution in [-0.2, 0) is 17.9 Å². The van der Waals surface area contributed by atoms with Crippen molar-refractivity contribution in [3.63, 3.8) is 0 Å². The molecule has 1 aliphatic rings. The Morgan fingerprint density at radius 2 is 2.19 bits per heavy atom. The van der Waals surface area contributed by atoms with E-state index in [0.29, 0.717) is 18.7 Å². The zero-order valence-electron chi connectivity index (χ0n) is 10.0. The first kappa shape index (κ1) is 14.3. The van der Waals surface area contributed by atoms with Crippen molar-refractivity contribution in [3.05, 3.63) is 17.0 Å². The van der Waals surface area contributed by atoms with Gasteiger partial charge in [0.15, 0.2) is 0 Å². The molecule has 0 atom stereocenters. The second kappa shape index (κ2) is 4.87. The van der Waals surface area contributed by atoms with Crippen LogP contribution in [0.1, 0.15) is 35.6 Å². The van der Waals surface area contributed by atoms with Crippen molar-refractivity contribution in [3.8, 4) is 0 Å². The van der Waals surface area contributed by atoms with Crippen molar-refractivity contribution >= 4 is 5.97 Å². The fourth-order valence-corrected chi connectivity index (χ4v) is 1.76. The number of carbonyl (C=O) groups is 1. The van der Waals surface area contributed by atoms with Gasteiger partial charge < -0.3 is 14.6 Å². The molecule has 1 aromatic rings. The first-order valence-electron chi connectivity index (χ1n) is 4.82. The SMILES string of the molecule is Cc1c(C(=O)[O-])nn2c1COC(C)(C)C2.[K+]. The first-order valence-corrected chi connectivity index (χ1v) is 4.82. The van der Waals surface area contributed by atoms with Gasteiger partial charge in [-0.2, -0.15) is 5.10 Å². The first-order chi connectivity index (χ1) is 6.91. The molecule has 16 heavy (non-hydrogen) atoms. The second-order valence-corrected chi connectivity index (χ2v) is 4.41. The molecule has 0 amide bonds. The number of aromatic carboxylic acids is 1. The van der Waals surface area contributed by atoms with E-state index in [1.807, 2.05) is 13.8 Å². The predicted octanol–water partition coefficient (Wildman–Crippen LogP) is -3.13. The molecule has 1 aromatic heterocycles. The van der Waals surface area contributed by atoms with Crippen LogP contribution in [-0.4, -0.2) is 21.4 Å². The van der Waals surface area contributed by atoms with Crippen molar-refractivity contribution < 1.29 is 66.0 Å². The fourth-order valence-electron chi connectivity index (χ4n) is 1.76. The summed E-state index contributed by atoms with van der Waals surface area (Å²) in [6, 6.07) is 0. The number of rotatable bonds is 1. The zero-order valence-corrected chi connectivity index (χ0v) is 13.2. The van der Waals surface area contributed by atoms with Gasteiger partial charge in [0.1, 0.15) is 5.69 Å². The zero-order chi connectivity index (χ0) is 11.2. The van der Waals surface area contributed by atoms with Crippen LogP contribution < -0.4 is 56.5 Å². The Kier molecular flexibility index (Phi) is 4.37. The van der Waals surface area contributed by atoms with Crippen molar-refractivity contribution in [2.75, 3.05) is 0 Å². The number of fused-ring (bicyclic) bond motifs is 1. The maximum atomic E-state index is 10.8. The Labute approximate surface area is 137 Å². The van der Waals surface area contributed by atoms with Gasteiger partial charge >= 0.3 is 51.4 Å². The maximum Gasteiger partial charge on any atom is 1.00 e. The molecule has 0 aliphatic carbocycles. The van der Waals surface area contributed by atoms with E-state index in [2.05, 4.69) is 5.10 Å². The van der Waals surface area contributed by atoms with E-state index in [1.54, 1.807) is 11.6 Å². The van der Waals surface area contributed by atoms with Crippen LogP contribution in [0.25, 0.3) is 0 Å². The summed E-state index contributed by atoms with van der Waals surface area (Å²) >= 11 is 0. The molecule has 0 fully saturated rings. The van der Waals surface area contributed by atoms with Gasteiger partial charge in [-0.05, 0) is 20.8 Å². The second-order valence-electron chi connectivity index (χ2n) is 4.41. The average Bonchev–Trinajstić information content (AvgIpc) is 2.41. The van der Waals surface area contributed by atoms with E-state index in [-0.39, 0.29) is 62.7 Å². The molecule has 82 valence electrons. The van der Waals surface area contributed by atoms with Crippen LogP contribution in [0.5, 0.6) is 0 Å². The predicted molar refractivity (Wildman–Crippen MR) is 50.2 cm³/mol. The summed E-state index contributed by atoms with van der Waals surface area (Å²) in [5, 5.41) is 14.8. The molecule has 0 radical (unpaired) electrons. The van der Waals surface area contributed by atoms with E-state index >= 15 is 0 Å². The number of carboxylic acid groups (broad SMARTS) is 1. The molecule has 2 rings (SSSR count). The molecular formula is C10H13KN2O3. The normalized spacial score (nSPS) is 17.4. The van der Waals surface area contributed by atoms with Crippen molar-refractivity contribution in [2.24, 2.45) is 0 Å². The Balaban J connectivity index is 0.00000128. The number of ether oxygens (including phenoxy) is 1. The summed E-state index contributed by atoms with van der Waals surface area (Å²) in [5.41, 5.74) is 1.19. The van der Waals surface area contributed by atoms with Gasteiger partial charge in [0.25, 0.3) is 0 Å². The van der Waals surface area contributed by atoms with Crippen LogP contribution in [0.15, 0.2) is 0 Å². The standard InChI is InChI=1S/C10H14N2O3.K/c1-6-7-4-15-10(2,3)5-12(7)11-8(6)9(13)14;/h4-5H2,1-3H3,(H,13,14);/q;+1/p-1. The summed E-state index contributed by atoms with van der Waals surface area (Å²) < 4.78 is 7.29. The van der Waals surface area contributed by atoms with E-state index < -0.39 is 5.97 Å². The monoisotopic (exact) mass is 248 g/mol. The molecular weight excluding hydrogens is 235 g/mol. The quantitative estimate of drug-likeness (QED) is 0.493. The van der Waals surface area contributed by atoms with Gasteiger partial charge in [0.05, 0.1) is 30.4 Å². The molecule has 0 aromatic carbocycles. The minimum absolute atomic E-state index is 0. The minimum atomic E-state index is -1.23. The third-order valence-corrected chi connectivity index (χ3v) is 2.64. The number of carboxylic acids is 1. The summed E-state index contributed by atoms with van der Waals surface area (Å²) in [6.45, 7) is 6.60. The molecule has 0 spiro atoms. The molecule has 5 nitrogen and oxygen atoms in total. The van der Waals surface area contributed by atoms with Gasteiger partial charge in [0, 0.05) is 5.56 Å². The van der Waals surface area contributed by atoms with E-state index in [4.69, 9.17) is 4.74 Å². The van der Waals surface area contributed by atoms with Gasteiger partial charge in [-0.25, -0.2) is 0 Å². The molecule has 2 heterocycles. The van der Waals surface area contributed by atoms with E-state index in [9.17, 15) is 9.90 Å². The van der Waals surface area contributed by atoms with Crippen molar-refractivity contribution in [2.45, 2.75) is 39.5 Å². The largest absolute Gasteiger partial charge is 1.00 e. The summed E-state index contributed by atoms with van der Waals surface area (Å²) in [6.07, 6.45) is 0. The van der Waals surface area contributed by atoms with E-state index in [1.165, 1.54) is 0 Å². The molecule has 6 heteroatoms. The molecule has 0 bridgehead atoms. The van der Waals surface area contributed by atoms with Crippen molar-refractivity contribution in [1.82, 2.24) is 9.78 Å². The Hall–Kier alpha value is 0.276. The van der Waals surface area contributed by atoms with Crippen LogP contribution in [0.4, 0.5) is 0 Å². The molecule has 1 aliphatic heterocycles. The van der Waals surface area contributed by atoms with Crippen molar-refractivity contribution in [1.29, 1.82) is 0 Å². The van der Waals surface area contributed by atoms with Gasteiger partial charge in [0.2, 0.25) is 0 Å². The van der Waals surface area contributed by atoms with Crippen LogP contribution in [0.3, 0.4) is 0 Å². The molecule has 0 unspecified atom stereocenters. The third kappa shape index (κ3) is 2.57. The Bertz CT molecular complexity index is 426. The average molecular weight is 248 g/mol. The van der Waals surface area contributed by atoms with E-state index in [0.717, 1.165) is 5.69 Å². The maximum absolute atomic E-state index is 10.8. The Morgan fingerprint density at radius 1 is 1.56 bits per heavy atom. The molecule has 0 N–H and O–H groups in total. The topological polar surface area (TPSA) is 67.2 Å². The Morgan fingerprint density at radius 3 is 2.75 bits per heavy atom. The summed E-state index contributed by atoms with van der Waals surface area (Å²) in [7, 11) is 0. The number of nitrogens with zero attached hydrogens (tertiary/aromatic N) is 2. The number of hydrogen-bond donors (Lipinski definition) is 0. The van der Waals surface area contributed by atoms with Gasteiger partial charge in [-0.15, -0.1) is 0 Å². The summed E-state index contributed by atoms with van der Waals surface area (Å²) in [4.78, 5) is 10.8. The van der Waals surface area contributed by atoms with Crippen LogP contribution >= 0.6 is 0 Å². The van der Waals surface area contributed by atoms with Gasteiger partial charge in [-0.3, -0.25) is 4.68 Å². The third-order valence-electron chi connectivity index (χ3n) is 2.64. The summed E-state index contributed by atoms with van der Waals surface area (Å²) in [5.74, 6) is -1.23. The van der Waals surface area contributed by atoms with Crippen LogP contribution in [0, 0.1) is 6.92 Å². The molecule has 0 saturated heterocycles. The van der Waals surface area contributed by atoms with Crippen LogP contribution in [0.2, 0.25) is 0 Å². The number of aromatic nitrogens is 2.